The standard InChI is InChI=1S/C13H17N3O3/c1-16-11(8-19-13(16)18)12(17)15-7-10-4-2-9(6-14)3-5-10/h2-5,11H,6-8,14H2,1H3,(H,15,17)/t11-/m0/s1. The van der Waals surface area contributed by atoms with Gasteiger partial charge in [-0.05, 0) is 11.1 Å². The maximum atomic E-state index is 11.9. The van der Waals surface area contributed by atoms with E-state index in [0.29, 0.717) is 13.1 Å². The third-order valence-electron chi connectivity index (χ3n) is 3.15. The molecule has 1 fully saturated rings. The Morgan fingerprint density at radius 2 is 2.05 bits per heavy atom. The minimum atomic E-state index is -0.546. The first-order valence-corrected chi connectivity index (χ1v) is 6.07. The van der Waals surface area contributed by atoms with E-state index in [1.165, 1.54) is 4.90 Å². The second-order valence-corrected chi connectivity index (χ2v) is 4.44. The van der Waals surface area contributed by atoms with Crippen LogP contribution in [0.25, 0.3) is 0 Å². The lowest BCUT2D eigenvalue weighted by atomic mass is 10.1. The number of nitrogens with two attached hydrogens (primary N) is 1. The van der Waals surface area contributed by atoms with Gasteiger partial charge in [-0.15, -0.1) is 0 Å². The first kappa shape index (κ1) is 13.4. The van der Waals surface area contributed by atoms with Crippen LogP contribution >= 0.6 is 0 Å². The minimum Gasteiger partial charge on any atom is -0.447 e. The van der Waals surface area contributed by atoms with E-state index in [2.05, 4.69) is 5.32 Å². The van der Waals surface area contributed by atoms with Crippen LogP contribution in [0.15, 0.2) is 24.3 Å². The number of hydrogen-bond acceptors (Lipinski definition) is 4. The van der Waals surface area contributed by atoms with Gasteiger partial charge in [0.05, 0.1) is 0 Å². The van der Waals surface area contributed by atoms with Gasteiger partial charge in [-0.25, -0.2) is 4.79 Å². The van der Waals surface area contributed by atoms with Gasteiger partial charge in [-0.3, -0.25) is 9.69 Å². The van der Waals surface area contributed by atoms with Gasteiger partial charge in [0.1, 0.15) is 12.6 Å². The molecule has 0 bridgehead atoms. The molecule has 19 heavy (non-hydrogen) atoms. The lowest BCUT2D eigenvalue weighted by Crippen LogP contribution is -2.43. The lowest BCUT2D eigenvalue weighted by molar-refractivity contribution is -0.124. The van der Waals surface area contributed by atoms with Crippen molar-refractivity contribution in [3.05, 3.63) is 35.4 Å². The maximum Gasteiger partial charge on any atom is 0.410 e. The lowest BCUT2D eigenvalue weighted by Gasteiger charge is -2.15. The fourth-order valence-electron chi connectivity index (χ4n) is 1.84. The summed E-state index contributed by atoms with van der Waals surface area (Å²) in [4.78, 5) is 24.3. The predicted molar refractivity (Wildman–Crippen MR) is 69.1 cm³/mol. The van der Waals surface area contributed by atoms with Crippen LogP contribution in [0.1, 0.15) is 11.1 Å². The summed E-state index contributed by atoms with van der Waals surface area (Å²) in [7, 11) is 1.55. The summed E-state index contributed by atoms with van der Waals surface area (Å²) in [6.45, 7) is 1.02. The number of carbonyl (C=O) groups excluding carboxylic acids is 2. The van der Waals surface area contributed by atoms with Crippen molar-refractivity contribution < 1.29 is 14.3 Å². The van der Waals surface area contributed by atoms with E-state index in [0.717, 1.165) is 11.1 Å². The zero-order valence-electron chi connectivity index (χ0n) is 10.8. The van der Waals surface area contributed by atoms with Crippen LogP contribution in [0, 0.1) is 0 Å². The van der Waals surface area contributed by atoms with Crippen molar-refractivity contribution in [3.63, 3.8) is 0 Å². The molecule has 0 saturated carbocycles. The SMILES string of the molecule is CN1C(=O)OC[C@H]1C(=O)NCc1ccc(CN)cc1. The number of benzene rings is 1. The number of hydrogen-bond donors (Lipinski definition) is 2. The van der Waals surface area contributed by atoms with Crippen molar-refractivity contribution in [1.82, 2.24) is 10.2 Å². The Labute approximate surface area is 111 Å². The van der Waals surface area contributed by atoms with Crippen LogP contribution in [0.4, 0.5) is 4.79 Å². The zero-order chi connectivity index (χ0) is 13.8. The summed E-state index contributed by atoms with van der Waals surface area (Å²) < 4.78 is 4.79. The van der Waals surface area contributed by atoms with Gasteiger partial charge in [-0.1, -0.05) is 24.3 Å². The largest absolute Gasteiger partial charge is 0.447 e. The quantitative estimate of drug-likeness (QED) is 0.813. The number of nitrogens with one attached hydrogen (secondary N) is 1. The molecular weight excluding hydrogens is 246 g/mol. The molecule has 1 aromatic rings. The van der Waals surface area contributed by atoms with E-state index in [-0.39, 0.29) is 12.5 Å². The van der Waals surface area contributed by atoms with E-state index in [1.54, 1.807) is 7.05 Å². The monoisotopic (exact) mass is 263 g/mol. The number of cyclic esters (lactones) is 1. The van der Waals surface area contributed by atoms with Crippen LogP contribution in [0.3, 0.4) is 0 Å². The van der Waals surface area contributed by atoms with Gasteiger partial charge in [0.25, 0.3) is 0 Å². The van der Waals surface area contributed by atoms with Crippen LogP contribution in [-0.2, 0) is 22.6 Å². The van der Waals surface area contributed by atoms with Gasteiger partial charge < -0.3 is 15.8 Å². The highest BCUT2D eigenvalue weighted by Gasteiger charge is 2.34. The molecule has 102 valence electrons. The van der Waals surface area contributed by atoms with E-state index >= 15 is 0 Å². The highest BCUT2D eigenvalue weighted by molar-refractivity contribution is 5.87. The summed E-state index contributed by atoms with van der Waals surface area (Å²) in [5.74, 6) is -0.212. The van der Waals surface area contributed by atoms with Crippen LogP contribution in [0.2, 0.25) is 0 Å². The molecule has 1 atom stereocenters. The van der Waals surface area contributed by atoms with Crippen LogP contribution < -0.4 is 11.1 Å². The molecule has 2 amide bonds. The molecule has 1 aliphatic rings. The number of nitrogens with zero attached hydrogens (tertiary/aromatic N) is 1. The average molecular weight is 263 g/mol. The fraction of sp³-hybridized carbons (Fsp3) is 0.385. The van der Waals surface area contributed by atoms with Crippen LogP contribution in [-0.4, -0.2) is 36.6 Å². The second-order valence-electron chi connectivity index (χ2n) is 4.44. The van der Waals surface area contributed by atoms with Crippen molar-refractivity contribution >= 4 is 12.0 Å². The third-order valence-corrected chi connectivity index (χ3v) is 3.15. The van der Waals surface area contributed by atoms with Crippen molar-refractivity contribution in [2.24, 2.45) is 5.73 Å². The van der Waals surface area contributed by atoms with E-state index < -0.39 is 12.1 Å². The Kier molecular flexibility index (Phi) is 4.01. The Bertz CT molecular complexity index is 473. The maximum absolute atomic E-state index is 11.9. The zero-order valence-corrected chi connectivity index (χ0v) is 10.8. The summed E-state index contributed by atoms with van der Waals surface area (Å²) in [5, 5.41) is 2.79. The van der Waals surface area contributed by atoms with Gasteiger partial charge >= 0.3 is 6.09 Å². The van der Waals surface area contributed by atoms with Crippen molar-refractivity contribution in [2.75, 3.05) is 13.7 Å². The molecule has 1 aromatic carbocycles. The third kappa shape index (κ3) is 3.03. The molecular formula is C13H17N3O3. The summed E-state index contributed by atoms with van der Waals surface area (Å²) in [6.07, 6.45) is -0.465. The van der Waals surface area contributed by atoms with Gasteiger partial charge in [0.15, 0.2) is 0 Å². The van der Waals surface area contributed by atoms with Crippen molar-refractivity contribution in [3.8, 4) is 0 Å². The molecule has 0 spiro atoms. The summed E-state index contributed by atoms with van der Waals surface area (Å²) >= 11 is 0. The Hall–Kier alpha value is -2.08. The number of ether oxygens (including phenoxy) is 1. The van der Waals surface area contributed by atoms with E-state index in [4.69, 9.17) is 10.5 Å². The number of rotatable bonds is 4. The normalized spacial score (nSPS) is 18.3. The second kappa shape index (κ2) is 5.71. The molecule has 1 heterocycles. The molecule has 2 rings (SSSR count). The highest BCUT2D eigenvalue weighted by atomic mass is 16.6. The number of likely N-dealkylation sites (N-methyl/N-ethyl adjacent to an activating group) is 1. The number of amides is 2. The Morgan fingerprint density at radius 3 is 2.58 bits per heavy atom. The topological polar surface area (TPSA) is 84.7 Å². The molecule has 0 aliphatic carbocycles. The Morgan fingerprint density at radius 1 is 1.42 bits per heavy atom. The average Bonchev–Trinajstić information content (AvgIpc) is 2.77. The fourth-order valence-corrected chi connectivity index (χ4v) is 1.84. The molecule has 0 unspecified atom stereocenters. The minimum absolute atomic E-state index is 0.104. The van der Waals surface area contributed by atoms with Crippen LogP contribution in [0.5, 0.6) is 0 Å². The van der Waals surface area contributed by atoms with Gasteiger partial charge in [-0.2, -0.15) is 0 Å². The van der Waals surface area contributed by atoms with Crippen molar-refractivity contribution in [2.45, 2.75) is 19.1 Å². The smallest absolute Gasteiger partial charge is 0.410 e. The summed E-state index contributed by atoms with van der Waals surface area (Å²) in [5.41, 5.74) is 7.54. The predicted octanol–water partition coefficient (Wildman–Crippen LogP) is 0.212. The van der Waals surface area contributed by atoms with E-state index in [1.807, 2.05) is 24.3 Å². The van der Waals surface area contributed by atoms with Gasteiger partial charge in [0.2, 0.25) is 5.91 Å². The molecule has 0 radical (unpaired) electrons. The first-order valence-electron chi connectivity index (χ1n) is 6.07. The molecule has 1 aliphatic heterocycles. The molecule has 6 nitrogen and oxygen atoms in total. The summed E-state index contributed by atoms with van der Waals surface area (Å²) in [6, 6.07) is 7.15. The van der Waals surface area contributed by atoms with E-state index in [9.17, 15) is 9.59 Å². The molecule has 0 aromatic heterocycles. The number of carbonyl (C=O) groups is 2. The Balaban J connectivity index is 1.87. The molecule has 3 N–H and O–H groups in total. The first-order chi connectivity index (χ1) is 9.11. The van der Waals surface area contributed by atoms with Crippen molar-refractivity contribution in [1.29, 1.82) is 0 Å². The highest BCUT2D eigenvalue weighted by Crippen LogP contribution is 2.10. The molecule has 6 heteroatoms. The molecule has 1 saturated heterocycles. The van der Waals surface area contributed by atoms with Gasteiger partial charge in [0, 0.05) is 20.1 Å².